The Morgan fingerprint density at radius 2 is 1.90 bits per heavy atom. The molecule has 1 aromatic heterocycles. The van der Waals surface area contributed by atoms with Crippen molar-refractivity contribution in [2.75, 3.05) is 7.05 Å². The maximum absolute atomic E-state index is 12.8. The normalized spacial score (nSPS) is 12.0. The molecule has 0 atom stereocenters. The van der Waals surface area contributed by atoms with Gasteiger partial charge in [0.15, 0.2) is 4.21 Å². The van der Waals surface area contributed by atoms with Gasteiger partial charge in [0.2, 0.25) is 0 Å². The Morgan fingerprint density at radius 3 is 2.40 bits per heavy atom. The third-order valence-corrected chi connectivity index (χ3v) is 6.13. The quantitative estimate of drug-likeness (QED) is 0.933. The van der Waals surface area contributed by atoms with Crippen LogP contribution in [-0.2, 0) is 16.6 Å². The Balaban J connectivity index is 2.28. The zero-order chi connectivity index (χ0) is 14.9. The highest BCUT2D eigenvalue weighted by Crippen LogP contribution is 2.21. The molecule has 20 heavy (non-hydrogen) atoms. The first-order valence-electron chi connectivity index (χ1n) is 5.71. The number of nitrogens with one attached hydrogen (secondary N) is 1. The molecule has 0 fully saturated rings. The Hall–Kier alpha value is -1.51. The lowest BCUT2D eigenvalue weighted by Crippen LogP contribution is -2.26. The van der Waals surface area contributed by atoms with E-state index >= 15 is 0 Å². The Kier molecular flexibility index (Phi) is 4.07. The minimum atomic E-state index is -3.73. The van der Waals surface area contributed by atoms with Crippen molar-refractivity contribution in [2.45, 2.75) is 17.7 Å². The number of hydrogen-bond acceptors (Lipinski definition) is 4. The summed E-state index contributed by atoms with van der Waals surface area (Å²) in [4.78, 5) is 13.3. The highest BCUT2D eigenvalue weighted by atomic mass is 32.2. The molecular weight excluding hydrogens is 303 g/mol. The van der Waals surface area contributed by atoms with Gasteiger partial charge in [-0.1, -0.05) is 23.5 Å². The van der Waals surface area contributed by atoms with Gasteiger partial charge in [-0.05, 0) is 24.6 Å². The molecule has 1 aromatic carbocycles. The molecule has 0 unspecified atom stereocenters. The van der Waals surface area contributed by atoms with E-state index in [9.17, 15) is 17.6 Å². The molecule has 1 heterocycles. The van der Waals surface area contributed by atoms with Gasteiger partial charge in [0.05, 0.1) is 0 Å². The molecule has 0 saturated carbocycles. The Morgan fingerprint density at radius 1 is 1.30 bits per heavy atom. The smallest absolute Gasteiger partial charge is 0.305 e. The maximum atomic E-state index is 12.8. The van der Waals surface area contributed by atoms with E-state index in [-0.39, 0.29) is 16.6 Å². The third-order valence-electron chi connectivity index (χ3n) is 2.74. The molecule has 0 radical (unpaired) electrons. The van der Waals surface area contributed by atoms with Crippen LogP contribution in [0.25, 0.3) is 0 Å². The fraction of sp³-hybridized carbons (Fsp3) is 0.250. The number of hydrogen-bond donors (Lipinski definition) is 1. The van der Waals surface area contributed by atoms with Crippen molar-refractivity contribution >= 4 is 21.4 Å². The topological polar surface area (TPSA) is 70.2 Å². The number of aromatic amines is 1. The van der Waals surface area contributed by atoms with Crippen LogP contribution in [0, 0.1) is 12.7 Å². The predicted molar refractivity (Wildman–Crippen MR) is 74.7 cm³/mol. The molecule has 0 aliphatic rings. The Bertz CT molecular complexity index is 763. The molecule has 0 aliphatic heterocycles. The fourth-order valence-electron chi connectivity index (χ4n) is 1.71. The Labute approximate surface area is 119 Å². The summed E-state index contributed by atoms with van der Waals surface area (Å²) < 4.78 is 38.6. The zero-order valence-corrected chi connectivity index (χ0v) is 12.5. The fourth-order valence-corrected chi connectivity index (χ4v) is 4.36. The van der Waals surface area contributed by atoms with E-state index in [1.807, 2.05) is 0 Å². The van der Waals surface area contributed by atoms with Crippen LogP contribution in [0.5, 0.6) is 0 Å². The van der Waals surface area contributed by atoms with Gasteiger partial charge in [-0.2, -0.15) is 4.31 Å². The first-order chi connectivity index (χ1) is 9.30. The predicted octanol–water partition coefficient (Wildman–Crippen LogP) is 1.70. The highest BCUT2D eigenvalue weighted by molar-refractivity contribution is 7.91. The van der Waals surface area contributed by atoms with Crippen LogP contribution >= 0.6 is 11.3 Å². The molecule has 0 saturated heterocycles. The summed E-state index contributed by atoms with van der Waals surface area (Å²) >= 11 is 0.662. The molecule has 0 amide bonds. The van der Waals surface area contributed by atoms with Crippen LogP contribution in [0.4, 0.5) is 4.39 Å². The van der Waals surface area contributed by atoms with Crippen LogP contribution in [0.15, 0.2) is 33.3 Å². The monoisotopic (exact) mass is 316 g/mol. The van der Waals surface area contributed by atoms with Crippen molar-refractivity contribution < 1.29 is 12.8 Å². The van der Waals surface area contributed by atoms with Crippen LogP contribution in [0.3, 0.4) is 0 Å². The van der Waals surface area contributed by atoms with E-state index < -0.39 is 14.9 Å². The molecule has 2 aromatic rings. The summed E-state index contributed by atoms with van der Waals surface area (Å²) in [5, 5.41) is 0. The number of thiazole rings is 1. The number of aryl methyl sites for hydroxylation is 1. The number of halogens is 1. The SMILES string of the molecule is Cc1[nH]c(=O)sc1S(=O)(=O)N(C)Cc1ccc(F)cc1. The van der Waals surface area contributed by atoms with E-state index in [1.165, 1.54) is 38.2 Å². The van der Waals surface area contributed by atoms with Gasteiger partial charge in [-0.15, -0.1) is 0 Å². The number of H-pyrrole nitrogens is 1. The van der Waals surface area contributed by atoms with Gasteiger partial charge in [0.25, 0.3) is 10.0 Å². The van der Waals surface area contributed by atoms with Crippen molar-refractivity contribution in [3.63, 3.8) is 0 Å². The average molecular weight is 316 g/mol. The molecule has 0 spiro atoms. The first kappa shape index (κ1) is 14.9. The van der Waals surface area contributed by atoms with Crippen LogP contribution in [-0.4, -0.2) is 24.8 Å². The lowest BCUT2D eigenvalue weighted by Gasteiger charge is -2.16. The molecule has 1 N–H and O–H groups in total. The van der Waals surface area contributed by atoms with Gasteiger partial charge in [-0.25, -0.2) is 12.8 Å². The molecule has 5 nitrogen and oxygen atoms in total. The third kappa shape index (κ3) is 2.97. The average Bonchev–Trinajstić information content (AvgIpc) is 2.72. The summed E-state index contributed by atoms with van der Waals surface area (Å²) in [5.41, 5.74) is 0.990. The van der Waals surface area contributed by atoms with E-state index in [0.29, 0.717) is 22.6 Å². The number of nitrogens with zero attached hydrogens (tertiary/aromatic N) is 1. The summed E-state index contributed by atoms with van der Waals surface area (Å²) in [6, 6.07) is 5.59. The van der Waals surface area contributed by atoms with Crippen LogP contribution < -0.4 is 4.87 Å². The van der Waals surface area contributed by atoms with E-state index in [2.05, 4.69) is 4.98 Å². The van der Waals surface area contributed by atoms with Gasteiger partial charge in [-0.3, -0.25) is 4.79 Å². The van der Waals surface area contributed by atoms with Gasteiger partial charge >= 0.3 is 4.87 Å². The van der Waals surface area contributed by atoms with Gasteiger partial charge < -0.3 is 4.98 Å². The summed E-state index contributed by atoms with van der Waals surface area (Å²) in [6.07, 6.45) is 0. The van der Waals surface area contributed by atoms with Crippen molar-refractivity contribution in [2.24, 2.45) is 0 Å². The van der Waals surface area contributed by atoms with E-state index in [0.717, 1.165) is 4.31 Å². The number of aromatic nitrogens is 1. The molecule has 2 rings (SSSR count). The minimum Gasteiger partial charge on any atom is -0.315 e. The zero-order valence-electron chi connectivity index (χ0n) is 10.9. The highest BCUT2D eigenvalue weighted by Gasteiger charge is 2.25. The standard InChI is InChI=1S/C12H13FN2O3S2/c1-8-11(19-12(16)14-8)20(17,18)15(2)7-9-3-5-10(13)6-4-9/h3-6H,7H2,1-2H3,(H,14,16). The molecule has 108 valence electrons. The molecule has 0 bridgehead atoms. The number of benzene rings is 1. The van der Waals surface area contributed by atoms with Crippen molar-refractivity contribution in [1.29, 1.82) is 0 Å². The minimum absolute atomic E-state index is 0.00658. The molecular formula is C12H13FN2O3S2. The summed E-state index contributed by atoms with van der Waals surface area (Å²) in [5.74, 6) is -0.376. The van der Waals surface area contributed by atoms with Crippen molar-refractivity contribution in [3.05, 3.63) is 51.0 Å². The van der Waals surface area contributed by atoms with E-state index in [1.54, 1.807) is 0 Å². The second kappa shape index (κ2) is 5.47. The maximum Gasteiger partial charge on any atom is 0.305 e. The lowest BCUT2D eigenvalue weighted by molar-refractivity contribution is 0.467. The lowest BCUT2D eigenvalue weighted by atomic mass is 10.2. The summed E-state index contributed by atoms with van der Waals surface area (Å²) in [7, 11) is -2.31. The van der Waals surface area contributed by atoms with Gasteiger partial charge in [0.1, 0.15) is 5.82 Å². The number of sulfonamides is 1. The molecule has 8 heteroatoms. The summed E-state index contributed by atoms with van der Waals surface area (Å²) in [6.45, 7) is 1.64. The van der Waals surface area contributed by atoms with Crippen molar-refractivity contribution in [3.8, 4) is 0 Å². The van der Waals surface area contributed by atoms with Gasteiger partial charge in [0, 0.05) is 19.3 Å². The van der Waals surface area contributed by atoms with E-state index in [4.69, 9.17) is 0 Å². The first-order valence-corrected chi connectivity index (χ1v) is 7.97. The molecule has 0 aliphatic carbocycles. The largest absolute Gasteiger partial charge is 0.315 e. The van der Waals surface area contributed by atoms with Crippen molar-refractivity contribution in [1.82, 2.24) is 9.29 Å². The second-order valence-corrected chi connectivity index (χ2v) is 7.54. The van der Waals surface area contributed by atoms with Crippen LogP contribution in [0.2, 0.25) is 0 Å². The second-order valence-electron chi connectivity index (χ2n) is 4.31. The van der Waals surface area contributed by atoms with Crippen LogP contribution in [0.1, 0.15) is 11.3 Å². The number of rotatable bonds is 4.